The minimum absolute atomic E-state index is 0. The average Bonchev–Trinajstić information content (AvgIpc) is 1.98. The number of hydrogen-bond acceptors (Lipinski definition) is 4. The van der Waals surface area contributed by atoms with Gasteiger partial charge in [-0.2, -0.15) is 25.3 Å². The predicted octanol–water partition coefficient (Wildman–Crippen LogP) is 0.353. The third-order valence-electron chi connectivity index (χ3n) is 1.14. The molecule has 0 aliphatic carbocycles. The molecule has 0 saturated carbocycles. The van der Waals surface area contributed by atoms with Crippen molar-refractivity contribution in [1.29, 1.82) is 0 Å². The molecule has 0 bridgehead atoms. The summed E-state index contributed by atoms with van der Waals surface area (Å²) < 4.78 is 4.44. The molecule has 0 unspecified atom stereocenters. The van der Waals surface area contributed by atoms with Gasteiger partial charge in [-0.15, -0.1) is 0 Å². The lowest BCUT2D eigenvalue weighted by atomic mass is 10.2. The quantitative estimate of drug-likeness (QED) is 0.661. The Morgan fingerprint density at radius 3 is 2.64 bits per heavy atom. The minimum Gasteiger partial charge on any atom is -0.468 e. The SMILES string of the molecule is COC(=O)[C@@H](N)CCSC.S. The molecule has 0 heterocycles. The van der Waals surface area contributed by atoms with Crippen LogP contribution in [0.4, 0.5) is 0 Å². The highest BCUT2D eigenvalue weighted by molar-refractivity contribution is 7.98. The van der Waals surface area contributed by atoms with Gasteiger partial charge in [-0.05, 0) is 18.4 Å². The van der Waals surface area contributed by atoms with Crippen LogP contribution in [0, 0.1) is 0 Å². The van der Waals surface area contributed by atoms with Gasteiger partial charge in [0, 0.05) is 0 Å². The molecule has 0 radical (unpaired) electrons. The van der Waals surface area contributed by atoms with E-state index >= 15 is 0 Å². The summed E-state index contributed by atoms with van der Waals surface area (Å²) in [5, 5.41) is 0. The number of ether oxygens (including phenoxy) is 1. The first-order valence-corrected chi connectivity index (χ1v) is 4.44. The molecule has 0 aromatic carbocycles. The molecule has 0 amide bonds. The maximum absolute atomic E-state index is 10.7. The number of hydrogen-bond donors (Lipinski definition) is 1. The van der Waals surface area contributed by atoms with Crippen LogP contribution in [0.15, 0.2) is 0 Å². The fourth-order valence-corrected chi connectivity index (χ4v) is 1.00. The summed E-state index contributed by atoms with van der Waals surface area (Å²) in [5.74, 6) is 0.574. The lowest BCUT2D eigenvalue weighted by Crippen LogP contribution is -2.31. The van der Waals surface area contributed by atoms with E-state index in [1.807, 2.05) is 6.26 Å². The van der Waals surface area contributed by atoms with Crippen LogP contribution in [0.5, 0.6) is 0 Å². The molecule has 0 aromatic heterocycles. The predicted molar refractivity (Wildman–Crippen MR) is 53.4 cm³/mol. The van der Waals surface area contributed by atoms with Gasteiger partial charge in [0.2, 0.25) is 0 Å². The van der Waals surface area contributed by atoms with Crippen LogP contribution in [0.2, 0.25) is 0 Å². The molecule has 0 aliphatic heterocycles. The van der Waals surface area contributed by atoms with E-state index in [-0.39, 0.29) is 19.5 Å². The topological polar surface area (TPSA) is 52.3 Å². The number of rotatable bonds is 4. The molecule has 0 rings (SSSR count). The lowest BCUT2D eigenvalue weighted by molar-refractivity contribution is -0.142. The van der Waals surface area contributed by atoms with E-state index in [0.717, 1.165) is 5.75 Å². The number of methoxy groups -OCH3 is 1. The van der Waals surface area contributed by atoms with Gasteiger partial charge in [0.1, 0.15) is 6.04 Å². The smallest absolute Gasteiger partial charge is 0.322 e. The molecular weight excluding hydrogens is 182 g/mol. The minimum atomic E-state index is -0.447. The van der Waals surface area contributed by atoms with Gasteiger partial charge in [0.15, 0.2) is 0 Å². The highest BCUT2D eigenvalue weighted by Crippen LogP contribution is 1.99. The molecular formula is C6H15NO2S2. The first-order chi connectivity index (χ1) is 4.72. The average molecular weight is 197 g/mol. The zero-order valence-electron chi connectivity index (χ0n) is 6.79. The maximum Gasteiger partial charge on any atom is 0.322 e. The Balaban J connectivity index is 0. The Bertz CT molecular complexity index is 111. The second kappa shape index (κ2) is 8.23. The monoisotopic (exact) mass is 197 g/mol. The van der Waals surface area contributed by atoms with E-state index in [9.17, 15) is 4.79 Å². The summed E-state index contributed by atoms with van der Waals surface area (Å²) >= 11 is 1.67. The fourth-order valence-electron chi connectivity index (χ4n) is 0.514. The van der Waals surface area contributed by atoms with E-state index in [0.29, 0.717) is 6.42 Å². The van der Waals surface area contributed by atoms with E-state index in [2.05, 4.69) is 4.74 Å². The number of nitrogens with two attached hydrogens (primary N) is 1. The van der Waals surface area contributed by atoms with Crippen LogP contribution in [0.1, 0.15) is 6.42 Å². The third-order valence-corrected chi connectivity index (χ3v) is 1.78. The molecule has 3 nitrogen and oxygen atoms in total. The van der Waals surface area contributed by atoms with E-state index < -0.39 is 6.04 Å². The Morgan fingerprint density at radius 2 is 2.27 bits per heavy atom. The van der Waals surface area contributed by atoms with Crippen molar-refractivity contribution in [3.63, 3.8) is 0 Å². The van der Waals surface area contributed by atoms with E-state index in [1.165, 1.54) is 7.11 Å². The molecule has 2 N–H and O–H groups in total. The van der Waals surface area contributed by atoms with Gasteiger partial charge in [0.25, 0.3) is 0 Å². The van der Waals surface area contributed by atoms with E-state index in [1.54, 1.807) is 11.8 Å². The zero-order valence-corrected chi connectivity index (χ0v) is 8.61. The Morgan fingerprint density at radius 1 is 1.73 bits per heavy atom. The molecule has 0 aromatic rings. The number of carbonyl (C=O) groups excluding carboxylic acids is 1. The standard InChI is InChI=1S/C6H13NO2S.H2S/c1-9-6(8)5(7)3-4-10-2;/h5H,3-4,7H2,1-2H3;1H2/t5-;/m0./s1. The second-order valence-corrected chi connectivity index (χ2v) is 2.90. The van der Waals surface area contributed by atoms with Crippen LogP contribution >= 0.6 is 25.3 Å². The first kappa shape index (κ1) is 13.7. The van der Waals surface area contributed by atoms with Crippen LogP contribution in [-0.4, -0.2) is 31.1 Å². The summed E-state index contributed by atoms with van der Waals surface area (Å²) in [7, 11) is 1.35. The Hall–Kier alpha value is 0.130. The summed E-state index contributed by atoms with van der Waals surface area (Å²) in [6.45, 7) is 0. The molecule has 0 aliphatic rings. The van der Waals surface area contributed by atoms with Crippen molar-refractivity contribution in [3.8, 4) is 0 Å². The van der Waals surface area contributed by atoms with Crippen LogP contribution in [0.3, 0.4) is 0 Å². The van der Waals surface area contributed by atoms with Crippen molar-refractivity contribution in [3.05, 3.63) is 0 Å². The van der Waals surface area contributed by atoms with Gasteiger partial charge >= 0.3 is 5.97 Å². The summed E-state index contributed by atoms with van der Waals surface area (Å²) in [6.07, 6.45) is 2.66. The molecule has 0 fully saturated rings. The normalized spacial score (nSPS) is 11.5. The van der Waals surface area contributed by atoms with Gasteiger partial charge < -0.3 is 10.5 Å². The van der Waals surface area contributed by atoms with Crippen molar-refractivity contribution < 1.29 is 9.53 Å². The third kappa shape index (κ3) is 6.52. The summed E-state index contributed by atoms with van der Waals surface area (Å²) in [6, 6.07) is -0.447. The second-order valence-electron chi connectivity index (χ2n) is 1.91. The first-order valence-electron chi connectivity index (χ1n) is 3.04. The highest BCUT2D eigenvalue weighted by Gasteiger charge is 2.11. The molecule has 0 spiro atoms. The van der Waals surface area contributed by atoms with Crippen molar-refractivity contribution in [2.45, 2.75) is 12.5 Å². The Labute approximate surface area is 78.5 Å². The van der Waals surface area contributed by atoms with Crippen LogP contribution in [-0.2, 0) is 9.53 Å². The number of carbonyl (C=O) groups is 1. The molecule has 5 heteroatoms. The van der Waals surface area contributed by atoms with Crippen LogP contribution < -0.4 is 5.73 Å². The van der Waals surface area contributed by atoms with Crippen molar-refractivity contribution >= 4 is 31.2 Å². The van der Waals surface area contributed by atoms with Gasteiger partial charge in [-0.3, -0.25) is 4.79 Å². The zero-order chi connectivity index (χ0) is 7.98. The van der Waals surface area contributed by atoms with Crippen molar-refractivity contribution in [2.24, 2.45) is 5.73 Å². The number of thioether (sulfide) groups is 1. The molecule has 0 saturated heterocycles. The number of esters is 1. The summed E-state index contributed by atoms with van der Waals surface area (Å²) in [5.41, 5.74) is 5.43. The maximum atomic E-state index is 10.7. The molecule has 11 heavy (non-hydrogen) atoms. The molecule has 1 atom stereocenters. The largest absolute Gasteiger partial charge is 0.468 e. The van der Waals surface area contributed by atoms with Crippen LogP contribution in [0.25, 0.3) is 0 Å². The Kier molecular flexibility index (Phi) is 10.2. The van der Waals surface area contributed by atoms with E-state index in [4.69, 9.17) is 5.73 Å². The van der Waals surface area contributed by atoms with Gasteiger partial charge in [-0.1, -0.05) is 0 Å². The summed E-state index contributed by atoms with van der Waals surface area (Å²) in [4.78, 5) is 10.7. The lowest BCUT2D eigenvalue weighted by Gasteiger charge is -2.06. The highest BCUT2D eigenvalue weighted by atomic mass is 32.2. The van der Waals surface area contributed by atoms with Crippen molar-refractivity contribution in [2.75, 3.05) is 19.1 Å². The molecule has 68 valence electrons. The van der Waals surface area contributed by atoms with Crippen molar-refractivity contribution in [1.82, 2.24) is 0 Å². The fraction of sp³-hybridized carbons (Fsp3) is 0.833. The van der Waals surface area contributed by atoms with Gasteiger partial charge in [-0.25, -0.2) is 0 Å². The van der Waals surface area contributed by atoms with Gasteiger partial charge in [0.05, 0.1) is 7.11 Å².